The zero-order chi connectivity index (χ0) is 15.4. The van der Waals surface area contributed by atoms with Crippen molar-refractivity contribution in [2.24, 2.45) is 0 Å². The summed E-state index contributed by atoms with van der Waals surface area (Å²) in [5.74, 6) is 1.22. The van der Waals surface area contributed by atoms with Crippen molar-refractivity contribution in [2.45, 2.75) is 26.3 Å². The Labute approximate surface area is 133 Å². The van der Waals surface area contributed by atoms with Crippen molar-refractivity contribution in [2.75, 3.05) is 5.32 Å². The van der Waals surface area contributed by atoms with E-state index in [2.05, 4.69) is 38.5 Å². The van der Waals surface area contributed by atoms with Gasteiger partial charge in [0.25, 0.3) is 0 Å². The van der Waals surface area contributed by atoms with Crippen LogP contribution in [0, 0.1) is 0 Å². The normalized spacial score (nSPS) is 10.9. The Morgan fingerprint density at radius 2 is 1.91 bits per heavy atom. The van der Waals surface area contributed by atoms with Crippen LogP contribution in [0.4, 0.5) is 5.13 Å². The fourth-order valence-corrected chi connectivity index (χ4v) is 2.65. The standard InChI is InChI=1S/C16H17N5S/c1-11(2)15-20-16(22-21-15)18-10-12-6-5-8-14(19-12)13-7-3-4-9-17-13/h3-9,11H,10H2,1-2H3,(H,18,20,21). The molecule has 0 aliphatic rings. The molecule has 0 spiro atoms. The first-order valence-corrected chi connectivity index (χ1v) is 7.94. The SMILES string of the molecule is CC(C)c1nsc(NCc2cccc(-c3ccccn3)n2)n1. The van der Waals surface area contributed by atoms with Gasteiger partial charge in [-0.25, -0.2) is 9.97 Å². The van der Waals surface area contributed by atoms with Gasteiger partial charge in [0.05, 0.1) is 23.6 Å². The summed E-state index contributed by atoms with van der Waals surface area (Å²) in [6, 6.07) is 11.8. The van der Waals surface area contributed by atoms with E-state index in [0.717, 1.165) is 28.0 Å². The van der Waals surface area contributed by atoms with E-state index in [9.17, 15) is 0 Å². The lowest BCUT2D eigenvalue weighted by Gasteiger charge is -2.05. The maximum Gasteiger partial charge on any atom is 0.202 e. The fourth-order valence-electron chi connectivity index (χ4n) is 1.94. The van der Waals surface area contributed by atoms with Gasteiger partial charge in [0.15, 0.2) is 0 Å². The summed E-state index contributed by atoms with van der Waals surface area (Å²) in [5.41, 5.74) is 2.70. The minimum Gasteiger partial charge on any atom is -0.355 e. The smallest absolute Gasteiger partial charge is 0.202 e. The van der Waals surface area contributed by atoms with Crippen LogP contribution in [-0.4, -0.2) is 19.3 Å². The first-order valence-electron chi connectivity index (χ1n) is 7.17. The number of rotatable bonds is 5. The van der Waals surface area contributed by atoms with Crippen LogP contribution in [0.1, 0.15) is 31.3 Å². The van der Waals surface area contributed by atoms with Crippen molar-refractivity contribution in [3.8, 4) is 11.4 Å². The van der Waals surface area contributed by atoms with Crippen molar-refractivity contribution < 1.29 is 0 Å². The molecule has 6 heteroatoms. The van der Waals surface area contributed by atoms with Crippen molar-refractivity contribution in [1.82, 2.24) is 19.3 Å². The van der Waals surface area contributed by atoms with Crippen LogP contribution in [0.2, 0.25) is 0 Å². The molecule has 0 aromatic carbocycles. The monoisotopic (exact) mass is 311 g/mol. The minimum absolute atomic E-state index is 0.345. The van der Waals surface area contributed by atoms with E-state index < -0.39 is 0 Å². The predicted molar refractivity (Wildman–Crippen MR) is 88.8 cm³/mol. The number of hydrogen-bond donors (Lipinski definition) is 1. The van der Waals surface area contributed by atoms with Gasteiger partial charge >= 0.3 is 0 Å². The van der Waals surface area contributed by atoms with Crippen LogP contribution in [0.3, 0.4) is 0 Å². The molecule has 3 aromatic heterocycles. The lowest BCUT2D eigenvalue weighted by Crippen LogP contribution is -2.02. The Morgan fingerprint density at radius 3 is 2.64 bits per heavy atom. The van der Waals surface area contributed by atoms with Crippen molar-refractivity contribution in [3.05, 3.63) is 54.1 Å². The van der Waals surface area contributed by atoms with Gasteiger partial charge in [-0.1, -0.05) is 26.0 Å². The van der Waals surface area contributed by atoms with Gasteiger partial charge in [-0.2, -0.15) is 4.37 Å². The fraction of sp³-hybridized carbons (Fsp3) is 0.250. The molecule has 0 saturated heterocycles. The minimum atomic E-state index is 0.345. The molecule has 3 aromatic rings. The summed E-state index contributed by atoms with van der Waals surface area (Å²) in [7, 11) is 0. The van der Waals surface area contributed by atoms with Crippen LogP contribution in [0.15, 0.2) is 42.6 Å². The van der Waals surface area contributed by atoms with E-state index >= 15 is 0 Å². The number of aromatic nitrogens is 4. The molecule has 0 radical (unpaired) electrons. The molecule has 5 nitrogen and oxygen atoms in total. The number of hydrogen-bond acceptors (Lipinski definition) is 6. The molecule has 1 N–H and O–H groups in total. The summed E-state index contributed by atoms with van der Waals surface area (Å²) < 4.78 is 4.33. The van der Waals surface area contributed by atoms with Crippen LogP contribution in [0.5, 0.6) is 0 Å². The maximum atomic E-state index is 4.63. The van der Waals surface area contributed by atoms with E-state index in [0.29, 0.717) is 12.5 Å². The molecule has 0 amide bonds. The Kier molecular flexibility index (Phi) is 4.39. The largest absolute Gasteiger partial charge is 0.355 e. The number of anilines is 1. The molecule has 0 saturated carbocycles. The second kappa shape index (κ2) is 6.62. The van der Waals surface area contributed by atoms with Crippen LogP contribution < -0.4 is 5.32 Å². The second-order valence-electron chi connectivity index (χ2n) is 5.20. The molecule has 0 unspecified atom stereocenters. The van der Waals surface area contributed by atoms with Crippen molar-refractivity contribution >= 4 is 16.7 Å². The number of pyridine rings is 2. The van der Waals surface area contributed by atoms with Gasteiger partial charge in [-0.15, -0.1) is 0 Å². The highest BCUT2D eigenvalue weighted by Gasteiger charge is 2.08. The Morgan fingerprint density at radius 1 is 1.05 bits per heavy atom. The van der Waals surface area contributed by atoms with Crippen LogP contribution in [-0.2, 0) is 6.54 Å². The Bertz CT molecular complexity index is 739. The molecule has 0 aliphatic heterocycles. The third-order valence-corrected chi connectivity index (χ3v) is 3.80. The van der Waals surface area contributed by atoms with Gasteiger partial charge in [-0.3, -0.25) is 4.98 Å². The van der Waals surface area contributed by atoms with Gasteiger partial charge in [0.2, 0.25) is 5.13 Å². The van der Waals surface area contributed by atoms with Crippen LogP contribution >= 0.6 is 11.5 Å². The highest BCUT2D eigenvalue weighted by molar-refractivity contribution is 7.09. The summed E-state index contributed by atoms with van der Waals surface area (Å²) >= 11 is 1.39. The van der Waals surface area contributed by atoms with Gasteiger partial charge in [0.1, 0.15) is 5.82 Å². The molecule has 3 rings (SSSR count). The second-order valence-corrected chi connectivity index (χ2v) is 5.95. The highest BCUT2D eigenvalue weighted by atomic mass is 32.1. The topological polar surface area (TPSA) is 63.6 Å². The van der Waals surface area contributed by atoms with E-state index in [1.165, 1.54) is 11.5 Å². The summed E-state index contributed by atoms with van der Waals surface area (Å²) in [4.78, 5) is 13.4. The first-order chi connectivity index (χ1) is 10.7. The molecule has 3 heterocycles. The predicted octanol–water partition coefficient (Wildman–Crippen LogP) is 3.73. The van der Waals surface area contributed by atoms with Gasteiger partial charge in [-0.05, 0) is 24.3 Å². The van der Waals surface area contributed by atoms with Crippen molar-refractivity contribution in [1.29, 1.82) is 0 Å². The zero-order valence-corrected chi connectivity index (χ0v) is 13.3. The zero-order valence-electron chi connectivity index (χ0n) is 12.5. The van der Waals surface area contributed by atoms with Crippen LogP contribution in [0.25, 0.3) is 11.4 Å². The molecular formula is C16H17N5S. The van der Waals surface area contributed by atoms with Gasteiger partial charge < -0.3 is 5.32 Å². The highest BCUT2D eigenvalue weighted by Crippen LogP contribution is 2.18. The lowest BCUT2D eigenvalue weighted by atomic mass is 10.2. The van der Waals surface area contributed by atoms with Crippen molar-refractivity contribution in [3.63, 3.8) is 0 Å². The molecule has 0 aliphatic carbocycles. The average molecular weight is 311 g/mol. The summed E-state index contributed by atoms with van der Waals surface area (Å²) in [5, 5.41) is 4.10. The summed E-state index contributed by atoms with van der Waals surface area (Å²) in [6.07, 6.45) is 1.77. The van der Waals surface area contributed by atoms with E-state index in [-0.39, 0.29) is 0 Å². The number of nitrogens with zero attached hydrogens (tertiary/aromatic N) is 4. The average Bonchev–Trinajstić information content (AvgIpc) is 3.03. The Hall–Kier alpha value is -2.34. The third kappa shape index (κ3) is 3.46. The van der Waals surface area contributed by atoms with E-state index in [1.807, 2.05) is 36.4 Å². The quantitative estimate of drug-likeness (QED) is 0.778. The molecule has 112 valence electrons. The summed E-state index contributed by atoms with van der Waals surface area (Å²) in [6.45, 7) is 4.79. The van der Waals surface area contributed by atoms with Gasteiger partial charge in [0, 0.05) is 23.6 Å². The van der Waals surface area contributed by atoms with E-state index in [4.69, 9.17) is 0 Å². The molecule has 0 atom stereocenters. The first kappa shape index (κ1) is 14.6. The molecule has 0 bridgehead atoms. The molecule has 0 fully saturated rings. The molecule has 22 heavy (non-hydrogen) atoms. The lowest BCUT2D eigenvalue weighted by molar-refractivity contribution is 0.799. The van der Waals surface area contributed by atoms with E-state index in [1.54, 1.807) is 6.20 Å². The molecular weight excluding hydrogens is 294 g/mol. The maximum absolute atomic E-state index is 4.63. The third-order valence-electron chi connectivity index (χ3n) is 3.11. The Balaban J connectivity index is 1.70. The number of nitrogens with one attached hydrogen (secondary N) is 1.